The first-order chi connectivity index (χ1) is 35.2. The molecule has 19 nitrogen and oxygen atoms in total. The number of ether oxygens (including phenoxy) is 2. The maximum Gasteiger partial charge on any atom is 0.410 e. The summed E-state index contributed by atoms with van der Waals surface area (Å²) in [5, 5.41) is 8.71. The van der Waals surface area contributed by atoms with Crippen LogP contribution >= 0.6 is 7.60 Å². The smallest absolute Gasteiger partial charge is 0.410 e. The van der Waals surface area contributed by atoms with E-state index in [0.29, 0.717) is 19.4 Å². The van der Waals surface area contributed by atoms with Crippen molar-refractivity contribution in [1.82, 2.24) is 30.7 Å². The monoisotopic (exact) mass is 1060 g/mol. The van der Waals surface area contributed by atoms with Gasteiger partial charge in [0, 0.05) is 48.1 Å². The second-order valence-corrected chi connectivity index (χ2v) is 23.2. The number of amides is 5. The molecule has 3 heterocycles. The number of nitrogens with zero attached hydrogens (tertiary/aromatic N) is 2. The van der Waals surface area contributed by atoms with Crippen molar-refractivity contribution in [2.75, 3.05) is 26.7 Å². The van der Waals surface area contributed by atoms with E-state index in [1.807, 2.05) is 79.4 Å². The van der Waals surface area contributed by atoms with Gasteiger partial charge >= 0.3 is 25.2 Å². The lowest BCUT2D eigenvalue weighted by Crippen LogP contribution is -2.62. The van der Waals surface area contributed by atoms with Gasteiger partial charge in [0.25, 0.3) is 5.91 Å². The number of fused-ring (bicyclic) bond motifs is 2. The molecule has 2 aliphatic rings. The lowest BCUT2D eigenvalue weighted by Gasteiger charge is -2.40. The highest BCUT2D eigenvalue weighted by atomic mass is 31.2. The lowest BCUT2D eigenvalue weighted by molar-refractivity contribution is -0.163. The van der Waals surface area contributed by atoms with Gasteiger partial charge in [-0.05, 0) is 110 Å². The van der Waals surface area contributed by atoms with E-state index in [0.717, 1.165) is 23.3 Å². The van der Waals surface area contributed by atoms with Crippen LogP contribution in [0.1, 0.15) is 121 Å². The zero-order chi connectivity index (χ0) is 55.0. The minimum absolute atomic E-state index is 0.0474. The number of nitrogens with two attached hydrogens (primary N) is 1. The number of primary amides is 1. The Morgan fingerprint density at radius 1 is 0.800 bits per heavy atom. The zero-order valence-electron chi connectivity index (χ0n) is 43.5. The number of rotatable bonds is 20. The Hall–Kier alpha value is -6.54. The number of H-pyrrole nitrogens is 1. The maximum absolute atomic E-state index is 16.5. The van der Waals surface area contributed by atoms with E-state index in [1.165, 1.54) is 58.6 Å². The Kier molecular flexibility index (Phi) is 18.5. The molecular formula is C53H68F2N7O12P. The highest BCUT2D eigenvalue weighted by Crippen LogP contribution is 2.67. The Balaban J connectivity index is 1.22. The van der Waals surface area contributed by atoms with Gasteiger partial charge < -0.3 is 41.0 Å². The van der Waals surface area contributed by atoms with Crippen molar-refractivity contribution in [2.45, 2.75) is 129 Å². The highest BCUT2D eigenvalue weighted by Gasteiger charge is 2.56. The maximum atomic E-state index is 16.5. The van der Waals surface area contributed by atoms with Gasteiger partial charge in [-0.25, -0.2) is 0 Å². The minimum atomic E-state index is -5.67. The van der Waals surface area contributed by atoms with Gasteiger partial charge in [0.2, 0.25) is 37.2 Å². The predicted molar refractivity (Wildman–Crippen MR) is 272 cm³/mol. The molecule has 2 saturated heterocycles. The quantitative estimate of drug-likeness (QED) is 0.0349. The van der Waals surface area contributed by atoms with Crippen LogP contribution in [0, 0.1) is 10.8 Å². The molecular weight excluding hydrogens is 996 g/mol. The Labute approximate surface area is 434 Å². The van der Waals surface area contributed by atoms with Crippen molar-refractivity contribution in [3.63, 3.8) is 0 Å². The number of hydrogen-bond donors (Lipinski definition) is 5. The van der Waals surface area contributed by atoms with Crippen molar-refractivity contribution in [2.24, 2.45) is 16.6 Å². The largest absolute Gasteiger partial charge is 0.438 e. The van der Waals surface area contributed by atoms with Gasteiger partial charge in [0.15, 0.2) is 0 Å². The molecule has 0 unspecified atom stereocenters. The van der Waals surface area contributed by atoms with E-state index >= 15 is 8.78 Å². The van der Waals surface area contributed by atoms with Crippen molar-refractivity contribution >= 4 is 60.0 Å². The Bertz CT molecular complexity index is 2690. The molecule has 2 fully saturated rings. The van der Waals surface area contributed by atoms with E-state index in [9.17, 15) is 38.1 Å². The fourth-order valence-electron chi connectivity index (χ4n) is 8.72. The van der Waals surface area contributed by atoms with Gasteiger partial charge in [0.1, 0.15) is 23.8 Å². The third-order valence-electron chi connectivity index (χ3n) is 13.0. The molecule has 0 spiro atoms. The molecule has 22 heteroatoms. The minimum Gasteiger partial charge on any atom is -0.438 e. The SMILES string of the molecule is CC(C)N1CC[C@H]2CC[C@@H](C(=O)N[C@@H](CCC(N)=O)C(=O)NC(c3ccccc3)c3ccccc3)N2C(=O)[C@@H](NC(=O)c2cc3cc(C(F)(F)P(=O)(OCOC(=O)C(C)(C)C)OCOC(=O)C(C)(C)C)ccc3[nH]2)C1. The summed E-state index contributed by atoms with van der Waals surface area (Å²) < 4.78 is 66.9. The summed E-state index contributed by atoms with van der Waals surface area (Å²) in [4.78, 5) is 101. The number of hydrogen-bond acceptors (Lipinski definition) is 13. The van der Waals surface area contributed by atoms with Crippen LogP contribution in [-0.4, -0.2) is 113 Å². The molecule has 6 rings (SSSR count). The van der Waals surface area contributed by atoms with Crippen LogP contribution in [0.5, 0.6) is 0 Å². The van der Waals surface area contributed by atoms with Gasteiger partial charge in [-0.1, -0.05) is 66.7 Å². The number of nitrogens with one attached hydrogen (secondary N) is 4. The van der Waals surface area contributed by atoms with Gasteiger partial charge in [-0.15, -0.1) is 0 Å². The molecule has 6 N–H and O–H groups in total. The number of halogens is 2. The average Bonchev–Trinajstić information content (AvgIpc) is 3.99. The third kappa shape index (κ3) is 14.2. The summed E-state index contributed by atoms with van der Waals surface area (Å²) in [7, 11) is -5.67. The molecule has 2 aliphatic heterocycles. The second-order valence-electron chi connectivity index (χ2n) is 21.1. The number of alkyl halides is 2. The molecule has 3 aromatic carbocycles. The van der Waals surface area contributed by atoms with Crippen molar-refractivity contribution in [3.8, 4) is 0 Å². The first-order valence-electron chi connectivity index (χ1n) is 24.8. The highest BCUT2D eigenvalue weighted by molar-refractivity contribution is 7.54. The summed E-state index contributed by atoms with van der Waals surface area (Å²) in [6.07, 6.45) is 0.860. The lowest BCUT2D eigenvalue weighted by atomic mass is 9.98. The van der Waals surface area contributed by atoms with Crippen LogP contribution in [0.25, 0.3) is 10.9 Å². The fraction of sp³-hybridized carbons (Fsp3) is 0.491. The molecule has 0 bridgehead atoms. The van der Waals surface area contributed by atoms with Gasteiger partial charge in [-0.2, -0.15) is 8.78 Å². The molecule has 4 atom stereocenters. The van der Waals surface area contributed by atoms with Crippen molar-refractivity contribution in [1.29, 1.82) is 0 Å². The number of carbonyl (C=O) groups is 7. The average molecular weight is 1060 g/mol. The number of aromatic amines is 1. The molecule has 0 saturated carbocycles. The van der Waals surface area contributed by atoms with Crippen LogP contribution in [0.4, 0.5) is 8.78 Å². The van der Waals surface area contributed by atoms with Crippen LogP contribution in [-0.2, 0) is 57.5 Å². The van der Waals surface area contributed by atoms with Gasteiger partial charge in [0.05, 0.1) is 16.9 Å². The third-order valence-corrected chi connectivity index (χ3v) is 14.9. The number of aromatic nitrogens is 1. The first-order valence-corrected chi connectivity index (χ1v) is 26.3. The number of benzene rings is 3. The normalized spacial score (nSPS) is 18.2. The second kappa shape index (κ2) is 24.0. The molecule has 0 radical (unpaired) electrons. The summed E-state index contributed by atoms with van der Waals surface area (Å²) in [6, 6.07) is 18.2. The van der Waals surface area contributed by atoms with Crippen molar-refractivity contribution < 1.29 is 65.4 Å². The number of esters is 2. The van der Waals surface area contributed by atoms with Crippen LogP contribution in [0.2, 0.25) is 0 Å². The summed E-state index contributed by atoms with van der Waals surface area (Å²) in [5.41, 5.74) is -0.312. The van der Waals surface area contributed by atoms with Crippen LogP contribution in [0.15, 0.2) is 84.9 Å². The molecule has 75 heavy (non-hydrogen) atoms. The van der Waals surface area contributed by atoms with Crippen LogP contribution in [0.3, 0.4) is 0 Å². The predicted octanol–water partition coefficient (Wildman–Crippen LogP) is 6.77. The molecule has 1 aromatic heterocycles. The molecule has 5 amide bonds. The number of carbonyl (C=O) groups excluding carboxylic acids is 7. The van der Waals surface area contributed by atoms with E-state index in [1.54, 1.807) is 0 Å². The summed E-state index contributed by atoms with van der Waals surface area (Å²) in [6.45, 7) is 11.1. The molecule has 4 aromatic rings. The van der Waals surface area contributed by atoms with E-state index in [-0.39, 0.29) is 48.4 Å². The van der Waals surface area contributed by atoms with E-state index in [4.69, 9.17) is 24.3 Å². The summed E-state index contributed by atoms with van der Waals surface area (Å²) >= 11 is 0. The van der Waals surface area contributed by atoms with Crippen LogP contribution < -0.4 is 21.7 Å². The van der Waals surface area contributed by atoms with Crippen molar-refractivity contribution in [3.05, 3.63) is 107 Å². The van der Waals surface area contributed by atoms with E-state index in [2.05, 4.69) is 20.9 Å². The zero-order valence-corrected chi connectivity index (χ0v) is 44.4. The van der Waals surface area contributed by atoms with E-state index < -0.39 is 115 Å². The summed E-state index contributed by atoms with van der Waals surface area (Å²) in [5.74, 6) is -4.92. The molecule has 0 aliphatic carbocycles. The first kappa shape index (κ1) is 57.7. The Morgan fingerprint density at radius 3 is 1.91 bits per heavy atom. The fourth-order valence-corrected chi connectivity index (χ4v) is 9.95. The standard InChI is InChI=1S/C53H68F2N7O12P/c1-32(2)61-26-25-37-20-23-42(47(66)58-39(22-24-43(56)63)45(64)60-44(33-15-11-9-12-16-33)34-17-13-10-14-18-34)62(37)48(67)41(29-61)59-46(65)40-28-35-27-36(19-21-38(35)57-40)53(54,55)75(70,73-30-71-49(68)51(3,4)5)74-31-72-50(69)52(6,7)8/h9-19,21,27-28,32,37,39,41-42,44,57H,20,22-26,29-31H2,1-8H3,(H2,56,63)(H,58,66)(H,59,65)(H,60,64)/t37-,39+,41+,42+/m1/s1. The topological polar surface area (TPSA) is 258 Å². The Morgan fingerprint density at radius 2 is 1.37 bits per heavy atom. The molecule has 406 valence electrons. The van der Waals surface area contributed by atoms with Gasteiger partial charge in [-0.3, -0.25) is 52.1 Å².